The summed E-state index contributed by atoms with van der Waals surface area (Å²) in [6, 6.07) is 11.4. The number of nitrogens with one attached hydrogen (secondary N) is 1. The average molecular weight is 368 g/mol. The second kappa shape index (κ2) is 7.37. The van der Waals surface area contributed by atoms with Gasteiger partial charge < -0.3 is 14.6 Å². The van der Waals surface area contributed by atoms with E-state index in [1.165, 1.54) is 0 Å². The van der Waals surface area contributed by atoms with Crippen molar-refractivity contribution in [3.63, 3.8) is 0 Å². The van der Waals surface area contributed by atoms with Gasteiger partial charge in [0.05, 0.1) is 17.6 Å². The van der Waals surface area contributed by atoms with Gasteiger partial charge in [-0.15, -0.1) is 0 Å². The largest absolute Gasteiger partial charge is 0.473 e. The number of fused-ring (bicyclic) bond motifs is 1. The molecule has 1 unspecified atom stereocenters. The second-order valence-electron chi connectivity index (χ2n) is 6.32. The third-order valence-electron chi connectivity index (χ3n) is 4.34. The van der Waals surface area contributed by atoms with Crippen molar-refractivity contribution >= 4 is 28.7 Å². The fourth-order valence-electron chi connectivity index (χ4n) is 2.99. The zero-order chi connectivity index (χ0) is 17.9. The van der Waals surface area contributed by atoms with Crippen LogP contribution in [-0.4, -0.2) is 50.4 Å². The van der Waals surface area contributed by atoms with E-state index < -0.39 is 0 Å². The molecular weight excluding hydrogens is 348 g/mol. The quantitative estimate of drug-likeness (QED) is 0.749. The maximum atomic E-state index is 12.9. The Morgan fingerprint density at radius 3 is 3.04 bits per heavy atom. The molecule has 1 fully saturated rings. The van der Waals surface area contributed by atoms with E-state index in [0.29, 0.717) is 18.0 Å². The summed E-state index contributed by atoms with van der Waals surface area (Å²) in [6.07, 6.45) is 2.78. The van der Waals surface area contributed by atoms with Gasteiger partial charge in [0.25, 0.3) is 5.91 Å². The molecule has 4 rings (SSSR count). The van der Waals surface area contributed by atoms with E-state index in [-0.39, 0.29) is 12.0 Å². The molecule has 0 aliphatic carbocycles. The maximum absolute atomic E-state index is 12.9. The Kier molecular flexibility index (Phi) is 4.79. The Labute approximate surface area is 156 Å². The van der Waals surface area contributed by atoms with E-state index in [1.54, 1.807) is 30.3 Å². The lowest BCUT2D eigenvalue weighted by Crippen LogP contribution is -2.28. The highest BCUT2D eigenvalue weighted by atomic mass is 32.2. The number of hydrogen-bond acceptors (Lipinski definition) is 5. The number of carbonyl (C=O) groups excluding carboxylic acids is 1. The predicted octanol–water partition coefficient (Wildman–Crippen LogP) is 3.11. The molecule has 1 aliphatic rings. The summed E-state index contributed by atoms with van der Waals surface area (Å²) in [5, 5.41) is 0. The summed E-state index contributed by atoms with van der Waals surface area (Å²) in [7, 11) is 1.76. The molecule has 26 heavy (non-hydrogen) atoms. The highest BCUT2D eigenvalue weighted by Crippen LogP contribution is 2.25. The Morgan fingerprint density at radius 1 is 1.35 bits per heavy atom. The number of rotatable bonds is 5. The van der Waals surface area contributed by atoms with Crippen molar-refractivity contribution in [2.45, 2.75) is 19.1 Å². The lowest BCUT2D eigenvalue weighted by atomic mass is 10.2. The van der Waals surface area contributed by atoms with Gasteiger partial charge in [-0.05, 0) is 36.4 Å². The third-order valence-corrected chi connectivity index (χ3v) is 5.47. The minimum absolute atomic E-state index is 0.126. The molecule has 0 radical (unpaired) electrons. The van der Waals surface area contributed by atoms with Gasteiger partial charge in [0.2, 0.25) is 5.88 Å². The van der Waals surface area contributed by atoms with Crippen LogP contribution in [0.25, 0.3) is 11.0 Å². The van der Waals surface area contributed by atoms with E-state index in [1.807, 2.05) is 36.0 Å². The van der Waals surface area contributed by atoms with Gasteiger partial charge in [-0.25, -0.2) is 9.97 Å². The molecule has 0 bridgehead atoms. The van der Waals surface area contributed by atoms with Crippen molar-refractivity contribution in [1.29, 1.82) is 0 Å². The van der Waals surface area contributed by atoms with E-state index in [9.17, 15) is 4.79 Å². The summed E-state index contributed by atoms with van der Waals surface area (Å²) in [4.78, 5) is 26.6. The smallest absolute Gasteiger partial charge is 0.259 e. The molecule has 1 saturated heterocycles. The number of nitrogens with zero attached hydrogens (tertiary/aromatic N) is 3. The van der Waals surface area contributed by atoms with Crippen molar-refractivity contribution in [2.24, 2.45) is 0 Å². The van der Waals surface area contributed by atoms with Crippen LogP contribution in [0, 0.1) is 0 Å². The number of amides is 1. The molecule has 0 saturated carbocycles. The van der Waals surface area contributed by atoms with Crippen molar-refractivity contribution < 1.29 is 9.53 Å². The van der Waals surface area contributed by atoms with Crippen molar-refractivity contribution in [3.05, 3.63) is 54.0 Å². The first-order chi connectivity index (χ1) is 12.7. The van der Waals surface area contributed by atoms with Crippen LogP contribution >= 0.6 is 11.8 Å². The van der Waals surface area contributed by atoms with Crippen LogP contribution in [0.15, 0.2) is 42.6 Å². The molecule has 3 heterocycles. The molecule has 1 aliphatic heterocycles. The molecule has 1 amide bonds. The Bertz CT molecular complexity index is 888. The molecule has 2 aromatic heterocycles. The molecular formula is C19H20N4O2S. The summed E-state index contributed by atoms with van der Waals surface area (Å²) in [5.41, 5.74) is 2.35. The van der Waals surface area contributed by atoms with E-state index in [2.05, 4.69) is 15.0 Å². The van der Waals surface area contributed by atoms with E-state index >= 15 is 0 Å². The molecule has 1 N–H and O–H groups in total. The Hall–Kier alpha value is -2.54. The van der Waals surface area contributed by atoms with Crippen molar-refractivity contribution in [2.75, 3.05) is 18.6 Å². The van der Waals surface area contributed by atoms with Gasteiger partial charge in [0.15, 0.2) is 0 Å². The lowest BCUT2D eigenvalue weighted by Gasteiger charge is -2.19. The van der Waals surface area contributed by atoms with Crippen LogP contribution in [-0.2, 0) is 6.54 Å². The molecule has 7 heteroatoms. The minimum atomic E-state index is -0.126. The number of benzene rings is 1. The number of aromatic nitrogens is 3. The fraction of sp³-hybridized carbons (Fsp3) is 0.316. The Morgan fingerprint density at radius 2 is 2.23 bits per heavy atom. The number of hydrogen-bond donors (Lipinski definition) is 1. The van der Waals surface area contributed by atoms with Gasteiger partial charge >= 0.3 is 0 Å². The molecule has 1 atom stereocenters. The molecule has 6 nitrogen and oxygen atoms in total. The molecule has 134 valence electrons. The van der Waals surface area contributed by atoms with Crippen LogP contribution < -0.4 is 4.74 Å². The van der Waals surface area contributed by atoms with Crippen molar-refractivity contribution in [1.82, 2.24) is 19.9 Å². The number of thioether (sulfide) groups is 1. The lowest BCUT2D eigenvalue weighted by molar-refractivity contribution is 0.0774. The third kappa shape index (κ3) is 3.53. The summed E-state index contributed by atoms with van der Waals surface area (Å²) in [6.45, 7) is 0.390. The SMILES string of the molecule is CN(Cc1nc2ccccc2[nH]1)C(=O)c1cccnc1OC1CCSC1. The van der Waals surface area contributed by atoms with Crippen molar-refractivity contribution in [3.8, 4) is 5.88 Å². The van der Waals surface area contributed by atoms with E-state index in [0.717, 1.165) is 34.8 Å². The first-order valence-corrected chi connectivity index (χ1v) is 9.74. The fourth-order valence-corrected chi connectivity index (χ4v) is 4.09. The second-order valence-corrected chi connectivity index (χ2v) is 7.47. The highest BCUT2D eigenvalue weighted by molar-refractivity contribution is 7.99. The van der Waals surface area contributed by atoms with Crippen LogP contribution in [0.2, 0.25) is 0 Å². The standard InChI is InChI=1S/C19H20N4O2S/c1-23(11-17-21-15-6-2-3-7-16(15)22-17)19(24)14-5-4-9-20-18(14)25-13-8-10-26-12-13/h2-7,9,13H,8,10-12H2,1H3,(H,21,22). The first kappa shape index (κ1) is 16.9. The van der Waals surface area contributed by atoms with Crippen LogP contribution in [0.3, 0.4) is 0 Å². The van der Waals surface area contributed by atoms with Gasteiger partial charge in [-0.2, -0.15) is 11.8 Å². The monoisotopic (exact) mass is 368 g/mol. The molecule has 0 spiro atoms. The number of pyridine rings is 1. The zero-order valence-corrected chi connectivity index (χ0v) is 15.3. The van der Waals surface area contributed by atoms with Crippen LogP contribution in [0.4, 0.5) is 0 Å². The summed E-state index contributed by atoms with van der Waals surface area (Å²) in [5.74, 6) is 3.08. The number of H-pyrrole nitrogens is 1. The van der Waals surface area contributed by atoms with E-state index in [4.69, 9.17) is 4.74 Å². The van der Waals surface area contributed by atoms with Gasteiger partial charge in [-0.3, -0.25) is 4.79 Å². The van der Waals surface area contributed by atoms with Gasteiger partial charge in [-0.1, -0.05) is 12.1 Å². The predicted molar refractivity (Wildman–Crippen MR) is 102 cm³/mol. The minimum Gasteiger partial charge on any atom is -0.473 e. The zero-order valence-electron chi connectivity index (χ0n) is 14.5. The summed E-state index contributed by atoms with van der Waals surface area (Å²) < 4.78 is 5.97. The van der Waals surface area contributed by atoms with Gasteiger partial charge in [0.1, 0.15) is 17.5 Å². The Balaban J connectivity index is 1.51. The number of aromatic amines is 1. The number of ether oxygens (including phenoxy) is 1. The van der Waals surface area contributed by atoms with Gasteiger partial charge in [0, 0.05) is 19.0 Å². The van der Waals surface area contributed by atoms with Crippen LogP contribution in [0.5, 0.6) is 5.88 Å². The maximum Gasteiger partial charge on any atom is 0.259 e. The van der Waals surface area contributed by atoms with Crippen LogP contribution in [0.1, 0.15) is 22.6 Å². The molecule has 1 aromatic carbocycles. The number of imidazole rings is 1. The average Bonchev–Trinajstić information content (AvgIpc) is 3.30. The number of carbonyl (C=O) groups is 1. The summed E-state index contributed by atoms with van der Waals surface area (Å²) >= 11 is 1.87. The molecule has 3 aromatic rings. The highest BCUT2D eigenvalue weighted by Gasteiger charge is 2.23. The first-order valence-electron chi connectivity index (χ1n) is 8.59. The topological polar surface area (TPSA) is 71.1 Å². The number of para-hydroxylation sites is 2. The normalized spacial score (nSPS) is 16.7.